The van der Waals surface area contributed by atoms with Gasteiger partial charge in [-0.3, -0.25) is 4.79 Å². The third-order valence-electron chi connectivity index (χ3n) is 5.47. The average Bonchev–Trinajstić information content (AvgIpc) is 3.56. The Morgan fingerprint density at radius 1 is 1.09 bits per heavy atom. The van der Waals surface area contributed by atoms with Gasteiger partial charge in [-0.15, -0.1) is 0 Å². The highest BCUT2D eigenvalue weighted by molar-refractivity contribution is 5.78. The van der Waals surface area contributed by atoms with Crippen LogP contribution in [-0.4, -0.2) is 48.9 Å². The molecule has 3 heterocycles. The van der Waals surface area contributed by atoms with E-state index in [1.807, 2.05) is 54.6 Å². The molecule has 2 aromatic carbocycles. The highest BCUT2D eigenvalue weighted by Gasteiger charge is 2.31. The molecule has 9 nitrogen and oxygen atoms in total. The van der Waals surface area contributed by atoms with Crippen LogP contribution >= 0.6 is 0 Å². The van der Waals surface area contributed by atoms with Gasteiger partial charge < -0.3 is 14.2 Å². The van der Waals surface area contributed by atoms with Gasteiger partial charge in [0.2, 0.25) is 0 Å². The van der Waals surface area contributed by atoms with Crippen molar-refractivity contribution in [3.05, 3.63) is 73.1 Å². The summed E-state index contributed by atoms with van der Waals surface area (Å²) in [6.07, 6.45) is 5.87. The van der Waals surface area contributed by atoms with Crippen LogP contribution in [-0.2, 0) is 4.79 Å². The van der Waals surface area contributed by atoms with Crippen LogP contribution in [0.15, 0.2) is 71.8 Å². The van der Waals surface area contributed by atoms with Crippen molar-refractivity contribution >= 4 is 5.91 Å². The number of rotatable bonds is 6. The predicted octanol–water partition coefficient (Wildman–Crippen LogP) is 3.45. The number of benzene rings is 2. The number of hydrogen-bond acceptors (Lipinski definition) is 7. The molecule has 0 saturated carbocycles. The third-order valence-corrected chi connectivity index (χ3v) is 5.47. The lowest BCUT2D eigenvalue weighted by Crippen LogP contribution is -2.41. The predicted molar refractivity (Wildman–Crippen MR) is 115 cm³/mol. The SMILES string of the molecule is O=C(COc1ccccc1)N1CCCCC1c1noc(-c2ccc(-n3cncn3)cc2)n1. The van der Waals surface area contributed by atoms with E-state index < -0.39 is 0 Å². The van der Waals surface area contributed by atoms with Crippen molar-refractivity contribution < 1.29 is 14.1 Å². The second-order valence-corrected chi connectivity index (χ2v) is 7.55. The zero-order valence-corrected chi connectivity index (χ0v) is 17.4. The first-order valence-electron chi connectivity index (χ1n) is 10.5. The molecule has 1 saturated heterocycles. The Kier molecular flexibility index (Phi) is 5.61. The van der Waals surface area contributed by atoms with Gasteiger partial charge >= 0.3 is 0 Å². The van der Waals surface area contributed by atoms with Crippen LogP contribution in [0.4, 0.5) is 0 Å². The van der Waals surface area contributed by atoms with Crippen LogP contribution in [0.5, 0.6) is 5.75 Å². The number of carbonyl (C=O) groups is 1. The van der Waals surface area contributed by atoms with Crippen molar-refractivity contribution in [1.82, 2.24) is 29.8 Å². The van der Waals surface area contributed by atoms with Crippen molar-refractivity contribution in [1.29, 1.82) is 0 Å². The molecule has 1 fully saturated rings. The minimum Gasteiger partial charge on any atom is -0.484 e. The molecule has 0 N–H and O–H groups in total. The van der Waals surface area contributed by atoms with Crippen molar-refractivity contribution in [2.45, 2.75) is 25.3 Å². The molecule has 0 bridgehead atoms. The number of ether oxygens (including phenoxy) is 1. The van der Waals surface area contributed by atoms with Crippen LogP contribution in [0.3, 0.4) is 0 Å². The second-order valence-electron chi connectivity index (χ2n) is 7.55. The lowest BCUT2D eigenvalue weighted by Gasteiger charge is -2.33. The molecule has 0 aliphatic carbocycles. The molecule has 1 unspecified atom stereocenters. The number of hydrogen-bond donors (Lipinski definition) is 0. The van der Waals surface area contributed by atoms with E-state index in [0.717, 1.165) is 30.5 Å². The van der Waals surface area contributed by atoms with E-state index in [0.29, 0.717) is 24.0 Å². The van der Waals surface area contributed by atoms with E-state index in [-0.39, 0.29) is 18.6 Å². The Morgan fingerprint density at radius 3 is 2.72 bits per heavy atom. The van der Waals surface area contributed by atoms with Gasteiger partial charge in [0.1, 0.15) is 18.4 Å². The molecule has 1 amide bonds. The minimum absolute atomic E-state index is 0.0189. The quantitative estimate of drug-likeness (QED) is 0.462. The molecular formula is C23H22N6O3. The van der Waals surface area contributed by atoms with Gasteiger partial charge in [0.15, 0.2) is 12.4 Å². The van der Waals surface area contributed by atoms with Crippen molar-refractivity contribution in [2.75, 3.05) is 13.2 Å². The smallest absolute Gasteiger partial charge is 0.261 e. The molecule has 1 aliphatic rings. The number of likely N-dealkylation sites (tertiary alicyclic amines) is 1. The Labute approximate surface area is 184 Å². The number of para-hydroxylation sites is 1. The number of piperidine rings is 1. The zero-order chi connectivity index (χ0) is 21.8. The van der Waals surface area contributed by atoms with E-state index in [1.54, 1.807) is 15.9 Å². The summed E-state index contributed by atoms with van der Waals surface area (Å²) < 4.78 is 12.9. The third kappa shape index (κ3) is 4.22. The van der Waals surface area contributed by atoms with E-state index >= 15 is 0 Å². The van der Waals surface area contributed by atoms with Crippen LogP contribution in [0.1, 0.15) is 31.1 Å². The maximum atomic E-state index is 12.9. The van der Waals surface area contributed by atoms with Gasteiger partial charge in [0.05, 0.1) is 11.7 Å². The summed E-state index contributed by atoms with van der Waals surface area (Å²) in [5.41, 5.74) is 1.68. The molecule has 4 aromatic rings. The van der Waals surface area contributed by atoms with Crippen molar-refractivity contribution in [2.24, 2.45) is 0 Å². The summed E-state index contributed by atoms with van der Waals surface area (Å²) in [6.45, 7) is 0.632. The van der Waals surface area contributed by atoms with Gasteiger partial charge in [-0.25, -0.2) is 9.67 Å². The van der Waals surface area contributed by atoms with Crippen LogP contribution in [0.25, 0.3) is 17.1 Å². The first-order chi connectivity index (χ1) is 15.8. The summed E-state index contributed by atoms with van der Waals surface area (Å²) in [5, 5.41) is 8.31. The second kappa shape index (κ2) is 9.01. The molecule has 9 heteroatoms. The van der Waals surface area contributed by atoms with Crippen molar-refractivity contribution in [3.63, 3.8) is 0 Å². The first-order valence-corrected chi connectivity index (χ1v) is 10.5. The minimum atomic E-state index is -0.220. The number of amides is 1. The van der Waals surface area contributed by atoms with E-state index in [4.69, 9.17) is 9.26 Å². The normalized spacial score (nSPS) is 16.1. The molecule has 2 aromatic heterocycles. The van der Waals surface area contributed by atoms with Gasteiger partial charge in [-0.05, 0) is 55.7 Å². The summed E-state index contributed by atoms with van der Waals surface area (Å²) in [5.74, 6) is 1.53. The fourth-order valence-electron chi connectivity index (χ4n) is 3.83. The lowest BCUT2D eigenvalue weighted by atomic mass is 10.0. The lowest BCUT2D eigenvalue weighted by molar-refractivity contribution is -0.137. The molecule has 0 radical (unpaired) electrons. The molecule has 0 spiro atoms. The summed E-state index contributed by atoms with van der Waals surface area (Å²) in [4.78, 5) is 23.2. The monoisotopic (exact) mass is 430 g/mol. The Morgan fingerprint density at radius 2 is 1.94 bits per heavy atom. The fourth-order valence-corrected chi connectivity index (χ4v) is 3.83. The summed E-state index contributed by atoms with van der Waals surface area (Å²) in [7, 11) is 0. The van der Waals surface area contributed by atoms with Gasteiger partial charge in [0, 0.05) is 12.1 Å². The Bertz CT molecular complexity index is 1160. The Hall–Kier alpha value is -4.01. The average molecular weight is 430 g/mol. The van der Waals surface area contributed by atoms with Crippen LogP contribution in [0.2, 0.25) is 0 Å². The van der Waals surface area contributed by atoms with Crippen LogP contribution < -0.4 is 4.74 Å². The summed E-state index contributed by atoms with van der Waals surface area (Å²) in [6, 6.07) is 16.7. The molecular weight excluding hydrogens is 408 g/mol. The van der Waals surface area contributed by atoms with Crippen molar-refractivity contribution in [3.8, 4) is 22.9 Å². The maximum absolute atomic E-state index is 12.9. The Balaban J connectivity index is 1.29. The van der Waals surface area contributed by atoms with Crippen LogP contribution in [0, 0.1) is 0 Å². The first kappa shape index (κ1) is 19.9. The number of nitrogens with zero attached hydrogens (tertiary/aromatic N) is 6. The van der Waals surface area contributed by atoms with Gasteiger partial charge in [-0.1, -0.05) is 23.4 Å². The molecule has 1 aliphatic heterocycles. The van der Waals surface area contributed by atoms with Gasteiger partial charge in [0.25, 0.3) is 11.8 Å². The van der Waals surface area contributed by atoms with Gasteiger partial charge in [-0.2, -0.15) is 10.1 Å². The van der Waals surface area contributed by atoms with E-state index in [1.165, 1.54) is 6.33 Å². The topological polar surface area (TPSA) is 99.2 Å². The summed E-state index contributed by atoms with van der Waals surface area (Å²) >= 11 is 0. The molecule has 162 valence electrons. The number of aromatic nitrogens is 5. The number of carbonyl (C=O) groups excluding carboxylic acids is 1. The van der Waals surface area contributed by atoms with E-state index in [9.17, 15) is 4.79 Å². The fraction of sp³-hybridized carbons (Fsp3) is 0.261. The maximum Gasteiger partial charge on any atom is 0.261 e. The molecule has 1 atom stereocenters. The molecule has 32 heavy (non-hydrogen) atoms. The highest BCUT2D eigenvalue weighted by atomic mass is 16.5. The largest absolute Gasteiger partial charge is 0.484 e. The standard InChI is InChI=1S/C23H22N6O3/c30-21(14-31-19-6-2-1-3-7-19)28-13-5-4-8-20(28)22-26-23(32-27-22)17-9-11-18(12-10-17)29-16-24-15-25-29/h1-3,6-7,9-12,15-16,20H,4-5,8,13-14H2. The zero-order valence-electron chi connectivity index (χ0n) is 17.4. The molecule has 5 rings (SSSR count). The van der Waals surface area contributed by atoms with E-state index in [2.05, 4.69) is 20.2 Å². The highest BCUT2D eigenvalue weighted by Crippen LogP contribution is 2.31.